The number of hydrogen-bond acceptors (Lipinski definition) is 1. The van der Waals surface area contributed by atoms with E-state index in [0.717, 1.165) is 35.5 Å². The largest absolute Gasteiger partial charge is 0.311 e. The van der Waals surface area contributed by atoms with E-state index in [1.807, 2.05) is 0 Å². The van der Waals surface area contributed by atoms with Crippen LogP contribution in [0.3, 0.4) is 0 Å². The predicted molar refractivity (Wildman–Crippen MR) is 103 cm³/mol. The second-order valence-corrected chi connectivity index (χ2v) is 9.95. The van der Waals surface area contributed by atoms with Crippen LogP contribution >= 0.6 is 0 Å². The van der Waals surface area contributed by atoms with Gasteiger partial charge in [0.25, 0.3) is 0 Å². The van der Waals surface area contributed by atoms with Crippen molar-refractivity contribution in [1.29, 1.82) is 0 Å². The Morgan fingerprint density at radius 2 is 1.46 bits per heavy atom. The molecule has 4 aliphatic carbocycles. The van der Waals surface area contributed by atoms with E-state index in [2.05, 4.69) is 25.7 Å². The molecule has 0 saturated heterocycles. The maximum atomic E-state index is 4.38. The van der Waals surface area contributed by atoms with Crippen LogP contribution in [0.2, 0.25) is 0 Å². The molecule has 0 aromatic heterocycles. The Bertz CT molecular complexity index is 455. The van der Waals surface area contributed by atoms with Gasteiger partial charge in [-0.2, -0.15) is 0 Å². The molecule has 0 radical (unpaired) electrons. The molecule has 1 nitrogen and oxygen atoms in total. The summed E-state index contributed by atoms with van der Waals surface area (Å²) in [7, 11) is 0. The predicted octanol–water partition coefficient (Wildman–Crippen LogP) is 5.95. The molecule has 4 fully saturated rings. The second-order valence-electron chi connectivity index (χ2n) is 9.95. The Labute approximate surface area is 150 Å². The Morgan fingerprint density at radius 1 is 0.833 bits per heavy atom. The molecule has 24 heavy (non-hydrogen) atoms. The summed E-state index contributed by atoms with van der Waals surface area (Å²) >= 11 is 0. The fourth-order valence-electron chi connectivity index (χ4n) is 6.85. The Balaban J connectivity index is 1.40. The van der Waals surface area contributed by atoms with Crippen LogP contribution in [0.4, 0.5) is 0 Å². The molecule has 4 rings (SSSR count). The minimum atomic E-state index is 0.699. The zero-order valence-corrected chi connectivity index (χ0v) is 16.1. The number of fused-ring (bicyclic) bond motifs is 2. The smallest absolute Gasteiger partial charge is 0.0138 e. The average Bonchev–Trinajstić information content (AvgIpc) is 2.88. The van der Waals surface area contributed by atoms with Gasteiger partial charge in [-0.3, -0.25) is 0 Å². The third-order valence-corrected chi connectivity index (χ3v) is 8.61. The number of rotatable bonds is 4. The topological polar surface area (TPSA) is 12.0 Å². The molecule has 0 amide bonds. The van der Waals surface area contributed by atoms with E-state index < -0.39 is 0 Å². The van der Waals surface area contributed by atoms with Gasteiger partial charge in [-0.15, -0.1) is 0 Å². The summed E-state index contributed by atoms with van der Waals surface area (Å²) in [6, 6.07) is 1.40. The molecule has 0 heterocycles. The van der Waals surface area contributed by atoms with Crippen LogP contribution in [0, 0.1) is 35.5 Å². The van der Waals surface area contributed by atoms with Crippen LogP contribution in [0.15, 0.2) is 12.2 Å². The van der Waals surface area contributed by atoms with E-state index in [-0.39, 0.29) is 0 Å². The maximum absolute atomic E-state index is 4.38. The molecule has 1 N–H and O–H groups in total. The van der Waals surface area contributed by atoms with Gasteiger partial charge < -0.3 is 5.32 Å². The second kappa shape index (κ2) is 7.14. The van der Waals surface area contributed by atoms with Gasteiger partial charge in [0.2, 0.25) is 0 Å². The highest BCUT2D eigenvalue weighted by Crippen LogP contribution is 2.48. The van der Waals surface area contributed by atoms with E-state index in [1.54, 1.807) is 0 Å². The molecular formula is C23H39N. The minimum Gasteiger partial charge on any atom is -0.311 e. The zero-order valence-electron chi connectivity index (χ0n) is 16.1. The molecule has 0 bridgehead atoms. The minimum absolute atomic E-state index is 0.699. The van der Waals surface area contributed by atoms with Crippen LogP contribution < -0.4 is 5.32 Å². The van der Waals surface area contributed by atoms with Gasteiger partial charge in [0, 0.05) is 12.1 Å². The fraction of sp³-hybridized carbons (Fsp3) is 0.913. The van der Waals surface area contributed by atoms with E-state index >= 15 is 0 Å². The van der Waals surface area contributed by atoms with E-state index in [1.165, 1.54) is 76.2 Å². The lowest BCUT2D eigenvalue weighted by Crippen LogP contribution is -2.48. The fourth-order valence-corrected chi connectivity index (χ4v) is 6.85. The van der Waals surface area contributed by atoms with Gasteiger partial charge in [0.15, 0.2) is 0 Å². The van der Waals surface area contributed by atoms with Crippen molar-refractivity contribution in [2.45, 2.75) is 96.6 Å². The average molecular weight is 330 g/mol. The molecule has 0 aliphatic heterocycles. The van der Waals surface area contributed by atoms with Crippen molar-refractivity contribution in [3.63, 3.8) is 0 Å². The standard InChI is InChI=1S/C23H39N/c1-15(2)22-12-11-17-5-4-6-20(17)14-23(22)24-16(3)19-9-7-18-8-10-21(18)13-19/h16-24H,1,4-14H2,2-3H3. The first-order valence-corrected chi connectivity index (χ1v) is 11.0. The van der Waals surface area contributed by atoms with Gasteiger partial charge in [-0.1, -0.05) is 31.4 Å². The van der Waals surface area contributed by atoms with Crippen molar-refractivity contribution in [1.82, 2.24) is 5.32 Å². The quantitative estimate of drug-likeness (QED) is 0.628. The van der Waals surface area contributed by atoms with Crippen LogP contribution in [-0.4, -0.2) is 12.1 Å². The van der Waals surface area contributed by atoms with Crippen molar-refractivity contribution in [2.75, 3.05) is 0 Å². The molecule has 0 spiro atoms. The van der Waals surface area contributed by atoms with Crippen molar-refractivity contribution < 1.29 is 0 Å². The molecular weight excluding hydrogens is 290 g/mol. The maximum Gasteiger partial charge on any atom is 0.0138 e. The van der Waals surface area contributed by atoms with Crippen molar-refractivity contribution in [3.05, 3.63) is 12.2 Å². The lowest BCUT2D eigenvalue weighted by atomic mass is 9.61. The van der Waals surface area contributed by atoms with E-state index in [9.17, 15) is 0 Å². The Kier molecular flexibility index (Phi) is 5.09. The first-order valence-electron chi connectivity index (χ1n) is 11.0. The molecule has 4 aliphatic rings. The van der Waals surface area contributed by atoms with Crippen LogP contribution in [-0.2, 0) is 0 Å². The van der Waals surface area contributed by atoms with E-state index in [0.29, 0.717) is 12.1 Å². The van der Waals surface area contributed by atoms with Crippen LogP contribution in [0.1, 0.15) is 84.5 Å². The van der Waals surface area contributed by atoms with E-state index in [4.69, 9.17) is 0 Å². The lowest BCUT2D eigenvalue weighted by Gasteiger charge is -2.46. The monoisotopic (exact) mass is 329 g/mol. The van der Waals surface area contributed by atoms with Crippen molar-refractivity contribution in [3.8, 4) is 0 Å². The van der Waals surface area contributed by atoms with Crippen LogP contribution in [0.5, 0.6) is 0 Å². The van der Waals surface area contributed by atoms with Crippen molar-refractivity contribution in [2.24, 2.45) is 35.5 Å². The number of nitrogens with one attached hydrogen (secondary N) is 1. The molecule has 136 valence electrons. The first-order chi connectivity index (χ1) is 11.6. The Morgan fingerprint density at radius 3 is 2.17 bits per heavy atom. The molecule has 0 aromatic carbocycles. The summed E-state index contributed by atoms with van der Waals surface area (Å²) in [6.07, 6.45) is 16.3. The van der Waals surface area contributed by atoms with Gasteiger partial charge >= 0.3 is 0 Å². The van der Waals surface area contributed by atoms with Crippen LogP contribution in [0.25, 0.3) is 0 Å². The Hall–Kier alpha value is -0.300. The lowest BCUT2D eigenvalue weighted by molar-refractivity contribution is 0.0634. The highest BCUT2D eigenvalue weighted by molar-refractivity contribution is 5.05. The SMILES string of the molecule is C=C(C)C1CCC2CCCC2CC1NC(C)C1CCC2CCC2C1. The molecule has 4 saturated carbocycles. The summed E-state index contributed by atoms with van der Waals surface area (Å²) < 4.78 is 0. The highest BCUT2D eigenvalue weighted by Gasteiger charge is 2.40. The van der Waals surface area contributed by atoms with Crippen molar-refractivity contribution >= 4 is 0 Å². The summed E-state index contributed by atoms with van der Waals surface area (Å²) in [4.78, 5) is 0. The summed E-state index contributed by atoms with van der Waals surface area (Å²) in [5.41, 5.74) is 1.43. The normalized spacial score (nSPS) is 46.3. The summed E-state index contributed by atoms with van der Waals surface area (Å²) in [6.45, 7) is 9.15. The zero-order chi connectivity index (χ0) is 16.7. The number of hydrogen-bond donors (Lipinski definition) is 1. The highest BCUT2D eigenvalue weighted by atomic mass is 15.0. The molecule has 8 atom stereocenters. The summed E-state index contributed by atoms with van der Waals surface area (Å²) in [5.74, 6) is 5.87. The third-order valence-electron chi connectivity index (χ3n) is 8.61. The third kappa shape index (κ3) is 3.35. The molecule has 0 aromatic rings. The van der Waals surface area contributed by atoms with Gasteiger partial charge in [0.1, 0.15) is 0 Å². The van der Waals surface area contributed by atoms with Gasteiger partial charge in [-0.25, -0.2) is 0 Å². The van der Waals surface area contributed by atoms with Gasteiger partial charge in [-0.05, 0) is 101 Å². The van der Waals surface area contributed by atoms with Gasteiger partial charge in [0.05, 0.1) is 0 Å². The first kappa shape index (κ1) is 17.1. The molecule has 8 unspecified atom stereocenters. The summed E-state index contributed by atoms with van der Waals surface area (Å²) in [5, 5.41) is 4.17. The molecule has 1 heteroatoms.